The van der Waals surface area contributed by atoms with E-state index in [2.05, 4.69) is 32.0 Å². The van der Waals surface area contributed by atoms with Crippen molar-refractivity contribution in [1.82, 2.24) is 19.9 Å². The number of aliphatic hydroxyl groups is 1. The van der Waals surface area contributed by atoms with Crippen LogP contribution >= 0.6 is 0 Å². The van der Waals surface area contributed by atoms with Gasteiger partial charge in [-0.25, -0.2) is 9.97 Å². The molecule has 1 fully saturated rings. The third-order valence-electron chi connectivity index (χ3n) is 5.17. The van der Waals surface area contributed by atoms with Gasteiger partial charge in [0.2, 0.25) is 5.88 Å². The molecule has 6 heteroatoms. The molecular weight excluding hydrogens is 328 g/mol. The minimum atomic E-state index is -0.331. The van der Waals surface area contributed by atoms with Crippen molar-refractivity contribution in [2.24, 2.45) is 5.92 Å². The van der Waals surface area contributed by atoms with E-state index in [0.29, 0.717) is 18.3 Å². The Balaban J connectivity index is 1.42. The molecule has 136 valence electrons. The molecule has 2 N–H and O–H groups in total. The lowest BCUT2D eigenvalue weighted by molar-refractivity contribution is 0.145. The molecule has 0 aliphatic heterocycles. The second-order valence-corrected chi connectivity index (χ2v) is 7.00. The number of imidazole rings is 1. The molecule has 0 bridgehead atoms. The Hall–Kier alpha value is -2.44. The number of rotatable bonds is 6. The van der Waals surface area contributed by atoms with Gasteiger partial charge in [0.25, 0.3) is 0 Å². The largest absolute Gasteiger partial charge is 0.481 e. The summed E-state index contributed by atoms with van der Waals surface area (Å²) in [6.07, 6.45) is 7.02. The number of nitrogens with zero attached hydrogens (tertiary/aromatic N) is 3. The van der Waals surface area contributed by atoms with Gasteiger partial charge in [0.15, 0.2) is 0 Å². The van der Waals surface area contributed by atoms with Crippen LogP contribution in [0.3, 0.4) is 0 Å². The summed E-state index contributed by atoms with van der Waals surface area (Å²) in [6, 6.07) is 10.2. The molecule has 2 aromatic heterocycles. The highest BCUT2D eigenvalue weighted by Gasteiger charge is 2.32. The lowest BCUT2D eigenvalue weighted by Gasteiger charge is -2.18. The fourth-order valence-electron chi connectivity index (χ4n) is 3.87. The van der Waals surface area contributed by atoms with E-state index in [1.807, 2.05) is 30.7 Å². The Labute approximate surface area is 152 Å². The summed E-state index contributed by atoms with van der Waals surface area (Å²) in [6.45, 7) is 1.52. The molecule has 3 aromatic rings. The first-order valence-electron chi connectivity index (χ1n) is 9.03. The van der Waals surface area contributed by atoms with Crippen LogP contribution in [0.1, 0.15) is 18.4 Å². The molecular formula is C20H24N4O2. The number of fused-ring (bicyclic) bond motifs is 1. The number of aliphatic hydroxyl groups excluding tert-OH is 1. The van der Waals surface area contributed by atoms with Gasteiger partial charge in [0.1, 0.15) is 0 Å². The second-order valence-electron chi connectivity index (χ2n) is 7.00. The predicted octanol–water partition coefficient (Wildman–Crippen LogP) is 2.37. The van der Waals surface area contributed by atoms with Crippen LogP contribution in [0.15, 0.2) is 49.1 Å². The topological polar surface area (TPSA) is 72.2 Å². The van der Waals surface area contributed by atoms with E-state index in [4.69, 9.17) is 4.74 Å². The molecule has 4 rings (SSSR count). The maximum Gasteiger partial charge on any atom is 0.218 e. The summed E-state index contributed by atoms with van der Waals surface area (Å²) in [7, 11) is 1.65. The molecule has 3 atom stereocenters. The van der Waals surface area contributed by atoms with Gasteiger partial charge in [-0.05, 0) is 30.9 Å². The van der Waals surface area contributed by atoms with E-state index in [1.54, 1.807) is 13.3 Å². The molecule has 1 unspecified atom stereocenters. The summed E-state index contributed by atoms with van der Waals surface area (Å²) in [5, 5.41) is 15.0. The van der Waals surface area contributed by atoms with Gasteiger partial charge in [-0.15, -0.1) is 0 Å². The van der Waals surface area contributed by atoms with E-state index < -0.39 is 0 Å². The van der Waals surface area contributed by atoms with Gasteiger partial charge in [-0.3, -0.25) is 0 Å². The second kappa shape index (κ2) is 7.43. The van der Waals surface area contributed by atoms with E-state index in [1.165, 1.54) is 0 Å². The molecule has 0 radical (unpaired) electrons. The Kier molecular flexibility index (Phi) is 4.86. The molecule has 26 heavy (non-hydrogen) atoms. The molecule has 1 saturated carbocycles. The van der Waals surface area contributed by atoms with Crippen LogP contribution in [0.5, 0.6) is 5.88 Å². The number of hydrogen-bond acceptors (Lipinski definition) is 5. The first-order valence-corrected chi connectivity index (χ1v) is 9.03. The minimum Gasteiger partial charge on any atom is -0.481 e. The van der Waals surface area contributed by atoms with Gasteiger partial charge in [-0.2, -0.15) is 0 Å². The average molecular weight is 352 g/mol. The van der Waals surface area contributed by atoms with Crippen molar-refractivity contribution < 1.29 is 9.84 Å². The van der Waals surface area contributed by atoms with Crippen molar-refractivity contribution >= 4 is 10.9 Å². The van der Waals surface area contributed by atoms with Gasteiger partial charge in [0.05, 0.1) is 25.1 Å². The van der Waals surface area contributed by atoms with Crippen LogP contribution in [0.25, 0.3) is 10.9 Å². The molecule has 6 nitrogen and oxygen atoms in total. The number of pyridine rings is 1. The van der Waals surface area contributed by atoms with Crippen LogP contribution in [-0.2, 0) is 13.1 Å². The number of aromatic nitrogens is 3. The zero-order valence-corrected chi connectivity index (χ0v) is 14.9. The summed E-state index contributed by atoms with van der Waals surface area (Å²) in [5.41, 5.74) is 1.94. The quantitative estimate of drug-likeness (QED) is 0.713. The molecule has 0 spiro atoms. The Morgan fingerprint density at radius 2 is 2.19 bits per heavy atom. The first kappa shape index (κ1) is 17.0. The number of ether oxygens (including phenoxy) is 1. The van der Waals surface area contributed by atoms with Crippen molar-refractivity contribution in [3.05, 3.63) is 54.6 Å². The van der Waals surface area contributed by atoms with Crippen molar-refractivity contribution in [3.63, 3.8) is 0 Å². The first-order chi connectivity index (χ1) is 12.7. The number of benzene rings is 1. The van der Waals surface area contributed by atoms with Crippen LogP contribution in [-0.4, -0.2) is 38.9 Å². The van der Waals surface area contributed by atoms with E-state index >= 15 is 0 Å². The molecule has 1 aromatic carbocycles. The number of methoxy groups -OCH3 is 1. The minimum absolute atomic E-state index is 0.0831. The molecule has 0 amide bonds. The van der Waals surface area contributed by atoms with Crippen molar-refractivity contribution in [1.29, 1.82) is 0 Å². The SMILES string of the molecule is COc1nc2ccccc2cc1CN[C@@H]1CC(Cn2ccnc2)C[C@H]1O. The van der Waals surface area contributed by atoms with E-state index in [9.17, 15) is 5.11 Å². The third kappa shape index (κ3) is 3.57. The lowest BCUT2D eigenvalue weighted by atomic mass is 10.1. The van der Waals surface area contributed by atoms with E-state index in [0.717, 1.165) is 35.9 Å². The third-order valence-corrected chi connectivity index (χ3v) is 5.17. The highest BCUT2D eigenvalue weighted by atomic mass is 16.5. The zero-order valence-electron chi connectivity index (χ0n) is 14.9. The van der Waals surface area contributed by atoms with Crippen LogP contribution in [0.2, 0.25) is 0 Å². The molecule has 0 saturated heterocycles. The summed E-state index contributed by atoms with van der Waals surface area (Å²) >= 11 is 0. The Morgan fingerprint density at radius 3 is 3.00 bits per heavy atom. The van der Waals surface area contributed by atoms with Gasteiger partial charge < -0.3 is 19.7 Å². The summed E-state index contributed by atoms with van der Waals surface area (Å²) in [5.74, 6) is 1.09. The van der Waals surface area contributed by atoms with Gasteiger partial charge >= 0.3 is 0 Å². The van der Waals surface area contributed by atoms with Crippen molar-refractivity contribution in [2.45, 2.75) is 38.1 Å². The number of para-hydroxylation sites is 1. The maximum atomic E-state index is 10.4. The standard InChI is InChI=1S/C20H24N4O2/c1-26-20-16(10-15-4-2-3-5-17(15)23-20)11-22-18-8-14(9-19(18)25)12-24-7-6-21-13-24/h2-7,10,13-14,18-19,22,25H,8-9,11-12H2,1H3/t14?,18-,19-/m1/s1. The van der Waals surface area contributed by atoms with Crippen LogP contribution in [0.4, 0.5) is 0 Å². The molecule has 1 aliphatic rings. The maximum absolute atomic E-state index is 10.4. The number of nitrogens with one attached hydrogen (secondary N) is 1. The number of hydrogen-bond donors (Lipinski definition) is 2. The summed E-state index contributed by atoms with van der Waals surface area (Å²) in [4.78, 5) is 8.67. The highest BCUT2D eigenvalue weighted by molar-refractivity contribution is 5.80. The Bertz CT molecular complexity index is 865. The fourth-order valence-corrected chi connectivity index (χ4v) is 3.87. The average Bonchev–Trinajstić information content (AvgIpc) is 3.29. The zero-order chi connectivity index (χ0) is 17.9. The normalized spacial score (nSPS) is 22.8. The monoisotopic (exact) mass is 352 g/mol. The van der Waals surface area contributed by atoms with Crippen molar-refractivity contribution in [3.8, 4) is 5.88 Å². The molecule has 2 heterocycles. The Morgan fingerprint density at radius 1 is 1.31 bits per heavy atom. The van der Waals surface area contributed by atoms with E-state index in [-0.39, 0.29) is 12.1 Å². The van der Waals surface area contributed by atoms with Gasteiger partial charge in [-0.1, -0.05) is 18.2 Å². The van der Waals surface area contributed by atoms with Crippen molar-refractivity contribution in [2.75, 3.05) is 7.11 Å². The van der Waals surface area contributed by atoms with Crippen LogP contribution < -0.4 is 10.1 Å². The summed E-state index contributed by atoms with van der Waals surface area (Å²) < 4.78 is 7.54. The lowest BCUT2D eigenvalue weighted by Crippen LogP contribution is -2.35. The highest BCUT2D eigenvalue weighted by Crippen LogP contribution is 2.29. The van der Waals surface area contributed by atoms with Crippen LogP contribution in [0, 0.1) is 5.92 Å². The predicted molar refractivity (Wildman–Crippen MR) is 99.9 cm³/mol. The van der Waals surface area contributed by atoms with Gasteiger partial charge in [0, 0.05) is 42.5 Å². The fraction of sp³-hybridized carbons (Fsp3) is 0.400. The molecule has 1 aliphatic carbocycles. The smallest absolute Gasteiger partial charge is 0.218 e.